The van der Waals surface area contributed by atoms with Gasteiger partial charge in [-0.15, -0.1) is 0 Å². The molecule has 0 radical (unpaired) electrons. The number of carboxylic acids is 1. The number of carbonyl (C=O) groups is 1. The molecule has 1 aliphatic rings. The molecule has 6 nitrogen and oxygen atoms in total. The lowest BCUT2D eigenvalue weighted by Gasteiger charge is -2.11. The van der Waals surface area contributed by atoms with Crippen molar-refractivity contribution in [1.29, 1.82) is 0 Å². The van der Waals surface area contributed by atoms with E-state index in [1.807, 2.05) is 0 Å². The van der Waals surface area contributed by atoms with E-state index in [1.54, 1.807) is 34.6 Å². The Kier molecular flexibility index (Phi) is 5.43. The van der Waals surface area contributed by atoms with Gasteiger partial charge in [-0.05, 0) is 44.0 Å². The molecular weight excluding hydrogens is 470 g/mol. The Morgan fingerprint density at radius 3 is 2.67 bits per heavy atom. The van der Waals surface area contributed by atoms with Crippen LogP contribution in [-0.4, -0.2) is 25.4 Å². The molecule has 0 bridgehead atoms. The molecule has 2 aromatic carbocycles. The van der Waals surface area contributed by atoms with Crippen LogP contribution < -0.4 is 5.73 Å². The lowest BCUT2D eigenvalue weighted by Crippen LogP contribution is -2.14. The van der Waals surface area contributed by atoms with Gasteiger partial charge < -0.3 is 15.4 Å². The molecule has 0 spiro atoms. The minimum atomic E-state index is -1.35. The lowest BCUT2D eigenvalue weighted by molar-refractivity contribution is 0.0691. The van der Waals surface area contributed by atoms with Crippen molar-refractivity contribution < 1.29 is 18.7 Å². The Hall–Kier alpha value is -2.88. The van der Waals surface area contributed by atoms with Gasteiger partial charge in [0.15, 0.2) is 11.6 Å². The number of aromatic nitrogens is 3. The van der Waals surface area contributed by atoms with Crippen LogP contribution >= 0.6 is 23.4 Å². The summed E-state index contributed by atoms with van der Waals surface area (Å²) in [7, 11) is 0. The second-order valence-electron chi connectivity index (χ2n) is 8.03. The number of halogens is 3. The Labute approximate surface area is 196 Å². The van der Waals surface area contributed by atoms with Crippen LogP contribution in [0.2, 0.25) is 5.02 Å². The first-order valence-corrected chi connectivity index (χ1v) is 11.5. The zero-order valence-corrected chi connectivity index (χ0v) is 19.0. The van der Waals surface area contributed by atoms with E-state index in [0.29, 0.717) is 16.0 Å². The number of rotatable bonds is 6. The summed E-state index contributed by atoms with van der Waals surface area (Å²) in [5.41, 5.74) is 7.24. The van der Waals surface area contributed by atoms with E-state index < -0.39 is 23.2 Å². The van der Waals surface area contributed by atoms with Crippen LogP contribution in [0.1, 0.15) is 47.9 Å². The van der Waals surface area contributed by atoms with E-state index in [-0.39, 0.29) is 27.5 Å². The maximum Gasteiger partial charge on any atom is 0.338 e. The molecule has 1 fully saturated rings. The van der Waals surface area contributed by atoms with Gasteiger partial charge in [-0.25, -0.2) is 13.6 Å². The van der Waals surface area contributed by atoms with Gasteiger partial charge in [-0.3, -0.25) is 4.68 Å². The number of carboxylic acid groups (broad SMARTS) is 1. The fourth-order valence-corrected chi connectivity index (χ4v) is 5.29. The fraction of sp³-hybridized carbons (Fsp3) is 0.217. The van der Waals surface area contributed by atoms with Crippen LogP contribution in [0.15, 0.2) is 52.5 Å². The minimum absolute atomic E-state index is 0.0289. The Balaban J connectivity index is 1.78. The van der Waals surface area contributed by atoms with Gasteiger partial charge in [0.25, 0.3) is 0 Å². The molecule has 5 rings (SSSR count). The van der Waals surface area contributed by atoms with Crippen LogP contribution in [0.25, 0.3) is 16.6 Å². The van der Waals surface area contributed by atoms with Crippen molar-refractivity contribution in [3.05, 3.63) is 70.6 Å². The number of aromatic carboxylic acids is 1. The average Bonchev–Trinajstić information content (AvgIpc) is 3.39. The van der Waals surface area contributed by atoms with E-state index in [4.69, 9.17) is 17.3 Å². The quantitative estimate of drug-likeness (QED) is 0.349. The van der Waals surface area contributed by atoms with Crippen molar-refractivity contribution in [2.75, 3.05) is 0 Å². The number of nitrogens with zero attached hydrogens (tertiary/aromatic N) is 3. The smallest absolute Gasteiger partial charge is 0.338 e. The maximum atomic E-state index is 15.4. The van der Waals surface area contributed by atoms with Gasteiger partial charge in [0.1, 0.15) is 0 Å². The van der Waals surface area contributed by atoms with Gasteiger partial charge in [-0.2, -0.15) is 5.10 Å². The van der Waals surface area contributed by atoms with Crippen LogP contribution in [0.4, 0.5) is 8.78 Å². The van der Waals surface area contributed by atoms with Crippen molar-refractivity contribution in [3.8, 4) is 5.69 Å². The fourth-order valence-electron chi connectivity index (χ4n) is 3.93. The highest BCUT2D eigenvalue weighted by Crippen LogP contribution is 2.51. The van der Waals surface area contributed by atoms with Crippen molar-refractivity contribution in [2.24, 2.45) is 5.73 Å². The van der Waals surface area contributed by atoms with Crippen LogP contribution in [-0.2, 0) is 0 Å². The molecule has 2 heterocycles. The molecule has 4 aromatic rings. The monoisotopic (exact) mass is 488 g/mol. The van der Waals surface area contributed by atoms with Crippen molar-refractivity contribution >= 4 is 40.2 Å². The SMILES string of the molecule is CC(N)n1cc(-n2c(C3CC3)c(Sc3cccc(C(=O)O)c3F)c3ccc(Cl)c(F)c32)cn1. The lowest BCUT2D eigenvalue weighted by atomic mass is 10.2. The molecule has 1 unspecified atom stereocenters. The first-order chi connectivity index (χ1) is 15.8. The van der Waals surface area contributed by atoms with Crippen molar-refractivity contribution in [1.82, 2.24) is 14.3 Å². The summed E-state index contributed by atoms with van der Waals surface area (Å²) < 4.78 is 33.8. The second kappa shape index (κ2) is 8.16. The van der Waals surface area contributed by atoms with E-state index in [9.17, 15) is 14.3 Å². The molecule has 0 saturated heterocycles. The number of fused-ring (bicyclic) bond motifs is 1. The summed E-state index contributed by atoms with van der Waals surface area (Å²) in [6.07, 6.45) is 4.77. The summed E-state index contributed by atoms with van der Waals surface area (Å²) in [6, 6.07) is 7.41. The minimum Gasteiger partial charge on any atom is -0.478 e. The zero-order valence-electron chi connectivity index (χ0n) is 17.4. The third kappa shape index (κ3) is 3.70. The largest absolute Gasteiger partial charge is 0.478 e. The summed E-state index contributed by atoms with van der Waals surface area (Å²) in [5, 5.41) is 14.1. The predicted molar refractivity (Wildman–Crippen MR) is 122 cm³/mol. The first kappa shape index (κ1) is 21.9. The molecule has 0 aliphatic heterocycles. The van der Waals surface area contributed by atoms with E-state index in [1.165, 1.54) is 24.3 Å². The third-order valence-corrected chi connectivity index (χ3v) is 7.10. The van der Waals surface area contributed by atoms with E-state index in [2.05, 4.69) is 5.10 Å². The molecule has 2 aromatic heterocycles. The topological polar surface area (TPSA) is 86.1 Å². The summed E-state index contributed by atoms with van der Waals surface area (Å²) in [6.45, 7) is 1.78. The highest BCUT2D eigenvalue weighted by atomic mass is 35.5. The van der Waals surface area contributed by atoms with Crippen LogP contribution in [0, 0.1) is 11.6 Å². The highest BCUT2D eigenvalue weighted by Gasteiger charge is 2.35. The standard InChI is InChI=1S/C23H19ClF2N4O2S/c1-11(27)29-10-13(9-28-29)30-20(12-5-6-12)22(15-7-8-16(24)19(26)21(15)30)33-17-4-2-3-14(18(17)25)23(31)32/h2-4,7-12H,5-6,27H2,1H3,(H,31,32). The van der Waals surface area contributed by atoms with Crippen LogP contribution in [0.3, 0.4) is 0 Å². The molecule has 10 heteroatoms. The molecular formula is C23H19ClF2N4O2S. The Morgan fingerprint density at radius 2 is 2.03 bits per heavy atom. The van der Waals surface area contributed by atoms with Gasteiger partial charge in [0.05, 0.1) is 40.3 Å². The summed E-state index contributed by atoms with van der Waals surface area (Å²) >= 11 is 7.23. The predicted octanol–water partition coefficient (Wildman–Crippen LogP) is 5.96. The van der Waals surface area contributed by atoms with Gasteiger partial charge >= 0.3 is 5.97 Å². The number of hydrogen-bond acceptors (Lipinski definition) is 4. The number of benzene rings is 2. The van der Waals surface area contributed by atoms with Crippen molar-refractivity contribution in [3.63, 3.8) is 0 Å². The van der Waals surface area contributed by atoms with Gasteiger partial charge in [0.2, 0.25) is 0 Å². The molecule has 3 N–H and O–H groups in total. The Bertz CT molecular complexity index is 1410. The third-order valence-electron chi connectivity index (χ3n) is 5.64. The second-order valence-corrected chi connectivity index (χ2v) is 9.49. The molecule has 1 atom stereocenters. The molecule has 1 aliphatic carbocycles. The zero-order chi connectivity index (χ0) is 23.4. The summed E-state index contributed by atoms with van der Waals surface area (Å²) in [5.74, 6) is -2.61. The molecule has 33 heavy (non-hydrogen) atoms. The molecule has 1 saturated carbocycles. The number of nitrogens with two attached hydrogens (primary N) is 1. The summed E-state index contributed by atoms with van der Waals surface area (Å²) in [4.78, 5) is 12.2. The highest BCUT2D eigenvalue weighted by molar-refractivity contribution is 7.99. The average molecular weight is 489 g/mol. The van der Waals surface area contributed by atoms with Gasteiger partial charge in [-0.1, -0.05) is 29.4 Å². The van der Waals surface area contributed by atoms with Crippen LogP contribution in [0.5, 0.6) is 0 Å². The van der Waals surface area contributed by atoms with E-state index >= 15 is 4.39 Å². The van der Waals surface area contributed by atoms with Crippen molar-refractivity contribution in [2.45, 2.75) is 41.6 Å². The molecule has 0 amide bonds. The van der Waals surface area contributed by atoms with Gasteiger partial charge in [0, 0.05) is 26.8 Å². The first-order valence-electron chi connectivity index (χ1n) is 10.3. The maximum absolute atomic E-state index is 15.4. The van der Waals surface area contributed by atoms with E-state index in [0.717, 1.165) is 30.3 Å². The normalized spacial score (nSPS) is 14.7. The molecule has 170 valence electrons. The Morgan fingerprint density at radius 1 is 1.27 bits per heavy atom. The number of hydrogen-bond donors (Lipinski definition) is 2.